The van der Waals surface area contributed by atoms with Gasteiger partial charge in [-0.2, -0.15) is 5.10 Å². The number of amides is 1. The third-order valence-electron chi connectivity index (χ3n) is 3.62. The Bertz CT molecular complexity index is 1080. The van der Waals surface area contributed by atoms with E-state index < -0.39 is 16.8 Å². The lowest BCUT2D eigenvalue weighted by molar-refractivity contribution is -0.385. The molecule has 0 spiro atoms. The summed E-state index contributed by atoms with van der Waals surface area (Å²) in [7, 11) is 1.19. The molecule has 1 aliphatic heterocycles. The van der Waals surface area contributed by atoms with E-state index in [4.69, 9.17) is 4.74 Å². The van der Waals surface area contributed by atoms with Crippen LogP contribution in [-0.2, 0) is 14.3 Å². The second-order valence-electron chi connectivity index (χ2n) is 5.63. The van der Waals surface area contributed by atoms with Gasteiger partial charge in [-0.15, -0.1) is 5.10 Å². The van der Waals surface area contributed by atoms with Gasteiger partial charge >= 0.3 is 5.97 Å². The number of benzene rings is 2. The van der Waals surface area contributed by atoms with Crippen LogP contribution in [0.1, 0.15) is 5.56 Å². The highest BCUT2D eigenvalue weighted by Crippen LogP contribution is 2.27. The fourth-order valence-electron chi connectivity index (χ4n) is 2.28. The quantitative estimate of drug-likeness (QED) is 0.247. The molecule has 1 aliphatic rings. The molecule has 2 aromatic carbocycles. The van der Waals surface area contributed by atoms with E-state index in [1.54, 1.807) is 24.3 Å². The van der Waals surface area contributed by atoms with E-state index in [-0.39, 0.29) is 21.3 Å². The highest BCUT2D eigenvalue weighted by atomic mass is 32.2. The number of para-hydroxylation sites is 1. The number of nitrogens with zero attached hydrogens (tertiary/aromatic N) is 3. The molecule has 1 amide bonds. The topological polar surface area (TPSA) is 132 Å². The first-order valence-corrected chi connectivity index (χ1v) is 9.19. The SMILES string of the molecule is COC(=O)/C=C1/S/C(=N\N=Cc2cc(Oc3ccccc3)ccc2[N+](=O)[O-])NC1=O. The molecule has 30 heavy (non-hydrogen) atoms. The van der Waals surface area contributed by atoms with Crippen LogP contribution in [0.5, 0.6) is 11.5 Å². The molecule has 11 heteroatoms. The molecule has 0 bridgehead atoms. The molecular weight excluding hydrogens is 412 g/mol. The van der Waals surface area contributed by atoms with Crippen LogP contribution in [0.15, 0.2) is 69.7 Å². The van der Waals surface area contributed by atoms with Crippen LogP contribution >= 0.6 is 11.8 Å². The average Bonchev–Trinajstić information content (AvgIpc) is 3.07. The Morgan fingerprint density at radius 3 is 2.67 bits per heavy atom. The summed E-state index contributed by atoms with van der Waals surface area (Å²) in [6.45, 7) is 0. The lowest BCUT2D eigenvalue weighted by Crippen LogP contribution is -2.19. The summed E-state index contributed by atoms with van der Waals surface area (Å²) >= 11 is 0.890. The van der Waals surface area contributed by atoms with Crippen molar-refractivity contribution in [2.75, 3.05) is 7.11 Å². The lowest BCUT2D eigenvalue weighted by atomic mass is 10.2. The molecule has 0 aromatic heterocycles. The standard InChI is InChI=1S/C19H14N4O6S/c1-28-17(24)10-16-18(25)21-19(30-16)22-20-11-12-9-14(7-8-15(12)23(26)27)29-13-5-3-2-4-6-13/h2-11H,1H3,(H,21,22,25)/b16-10+,20-11?. The second-order valence-corrected chi connectivity index (χ2v) is 6.66. The summed E-state index contributed by atoms with van der Waals surface area (Å²) in [5.41, 5.74) is -0.0221. The number of nitro groups is 1. The first kappa shape index (κ1) is 20.7. The minimum Gasteiger partial charge on any atom is -0.466 e. The van der Waals surface area contributed by atoms with E-state index in [1.807, 2.05) is 6.07 Å². The number of carbonyl (C=O) groups excluding carboxylic acids is 2. The third kappa shape index (κ3) is 5.29. The van der Waals surface area contributed by atoms with E-state index in [9.17, 15) is 19.7 Å². The van der Waals surface area contributed by atoms with Gasteiger partial charge in [0, 0.05) is 12.1 Å². The Morgan fingerprint density at radius 2 is 1.97 bits per heavy atom. The molecule has 1 fully saturated rings. The molecular formula is C19H14N4O6S. The van der Waals surface area contributed by atoms with Gasteiger partial charge < -0.3 is 9.47 Å². The number of hydrogen-bond acceptors (Lipinski definition) is 9. The second kappa shape index (κ2) is 9.47. The number of ether oxygens (including phenoxy) is 2. The molecule has 1 heterocycles. The maximum absolute atomic E-state index is 11.8. The predicted molar refractivity (Wildman–Crippen MR) is 110 cm³/mol. The molecule has 2 aromatic rings. The molecule has 0 radical (unpaired) electrons. The number of carbonyl (C=O) groups is 2. The van der Waals surface area contributed by atoms with Crippen LogP contribution in [0.4, 0.5) is 5.69 Å². The van der Waals surface area contributed by atoms with Crippen molar-refractivity contribution in [3.63, 3.8) is 0 Å². The number of methoxy groups -OCH3 is 1. The molecule has 0 aliphatic carbocycles. The monoisotopic (exact) mass is 426 g/mol. The van der Waals surface area contributed by atoms with Gasteiger partial charge in [0.15, 0.2) is 5.17 Å². The maximum Gasteiger partial charge on any atom is 0.331 e. The van der Waals surface area contributed by atoms with Crippen molar-refractivity contribution in [2.45, 2.75) is 0 Å². The number of nitro benzene ring substituents is 1. The van der Waals surface area contributed by atoms with Crippen molar-refractivity contribution >= 4 is 40.7 Å². The fourth-order valence-corrected chi connectivity index (χ4v) is 3.01. The number of esters is 1. The number of hydrogen-bond donors (Lipinski definition) is 1. The van der Waals surface area contributed by atoms with Gasteiger partial charge in [0.2, 0.25) is 0 Å². The van der Waals surface area contributed by atoms with Crippen molar-refractivity contribution in [1.29, 1.82) is 0 Å². The van der Waals surface area contributed by atoms with Gasteiger partial charge in [0.1, 0.15) is 11.5 Å². The van der Waals surface area contributed by atoms with Crippen LogP contribution in [0.25, 0.3) is 0 Å². The van der Waals surface area contributed by atoms with Gasteiger partial charge in [0.25, 0.3) is 11.6 Å². The molecule has 10 nitrogen and oxygen atoms in total. The minimum atomic E-state index is -0.678. The van der Waals surface area contributed by atoms with Crippen LogP contribution in [0.2, 0.25) is 0 Å². The molecule has 0 unspecified atom stereocenters. The van der Waals surface area contributed by atoms with Crippen LogP contribution in [0, 0.1) is 10.1 Å². The zero-order chi connectivity index (χ0) is 21.5. The number of rotatable bonds is 6. The Labute approximate surface area is 174 Å². The summed E-state index contributed by atoms with van der Waals surface area (Å²) in [4.78, 5) is 33.9. The Hall–Kier alpha value is -3.99. The Balaban J connectivity index is 1.80. The number of nitrogens with one attached hydrogen (secondary N) is 1. The van der Waals surface area contributed by atoms with Crippen molar-refractivity contribution in [3.8, 4) is 11.5 Å². The predicted octanol–water partition coefficient (Wildman–Crippen LogP) is 3.00. The fraction of sp³-hybridized carbons (Fsp3) is 0.0526. The Morgan fingerprint density at radius 1 is 1.20 bits per heavy atom. The van der Waals surface area contributed by atoms with Crippen molar-refractivity contribution in [2.24, 2.45) is 10.2 Å². The van der Waals surface area contributed by atoms with Gasteiger partial charge in [-0.25, -0.2) is 4.79 Å². The van der Waals surface area contributed by atoms with E-state index in [0.29, 0.717) is 11.5 Å². The number of thioether (sulfide) groups is 1. The van der Waals surface area contributed by atoms with Gasteiger partial charge in [-0.3, -0.25) is 20.2 Å². The first-order chi connectivity index (χ1) is 14.5. The normalized spacial score (nSPS) is 16.1. The van der Waals surface area contributed by atoms with E-state index in [2.05, 4.69) is 20.3 Å². The molecule has 1 N–H and O–H groups in total. The summed E-state index contributed by atoms with van der Waals surface area (Å²) in [6.07, 6.45) is 2.21. The lowest BCUT2D eigenvalue weighted by Gasteiger charge is -2.06. The van der Waals surface area contributed by atoms with E-state index in [0.717, 1.165) is 17.8 Å². The van der Waals surface area contributed by atoms with E-state index >= 15 is 0 Å². The summed E-state index contributed by atoms with van der Waals surface area (Å²) < 4.78 is 10.1. The highest BCUT2D eigenvalue weighted by Gasteiger charge is 2.25. The molecule has 152 valence electrons. The Kier molecular flexibility index (Phi) is 6.55. The van der Waals surface area contributed by atoms with Crippen LogP contribution in [-0.4, -0.2) is 35.3 Å². The summed E-state index contributed by atoms with van der Waals surface area (Å²) in [6, 6.07) is 13.2. The minimum absolute atomic E-state index is 0.0973. The largest absolute Gasteiger partial charge is 0.466 e. The van der Waals surface area contributed by atoms with Crippen molar-refractivity contribution in [1.82, 2.24) is 5.32 Å². The summed E-state index contributed by atoms with van der Waals surface area (Å²) in [5, 5.41) is 21.5. The highest BCUT2D eigenvalue weighted by molar-refractivity contribution is 8.18. The average molecular weight is 426 g/mol. The van der Waals surface area contributed by atoms with Crippen molar-refractivity contribution in [3.05, 3.63) is 75.2 Å². The number of amidine groups is 1. The van der Waals surface area contributed by atoms with Crippen LogP contribution < -0.4 is 10.1 Å². The molecule has 1 saturated heterocycles. The maximum atomic E-state index is 11.8. The van der Waals surface area contributed by atoms with Crippen LogP contribution in [0.3, 0.4) is 0 Å². The van der Waals surface area contributed by atoms with Gasteiger partial charge in [-0.1, -0.05) is 18.2 Å². The van der Waals surface area contributed by atoms with E-state index in [1.165, 1.54) is 31.5 Å². The zero-order valence-corrected chi connectivity index (χ0v) is 16.3. The molecule has 3 rings (SSSR count). The zero-order valence-electron chi connectivity index (χ0n) is 15.5. The van der Waals surface area contributed by atoms with Gasteiger partial charge in [0.05, 0.1) is 28.7 Å². The molecule has 0 saturated carbocycles. The van der Waals surface area contributed by atoms with Crippen molar-refractivity contribution < 1.29 is 24.0 Å². The molecule has 0 atom stereocenters. The first-order valence-electron chi connectivity index (χ1n) is 8.37. The third-order valence-corrected chi connectivity index (χ3v) is 4.52. The summed E-state index contributed by atoms with van der Waals surface area (Å²) in [5.74, 6) is -0.246. The smallest absolute Gasteiger partial charge is 0.331 e. The van der Waals surface area contributed by atoms with Gasteiger partial charge in [-0.05, 0) is 36.0 Å².